The molecular formula is C21H28ClN7OS. The third-order valence-electron chi connectivity index (χ3n) is 6.20. The molecule has 0 radical (unpaired) electrons. The average Bonchev–Trinajstić information content (AvgIpc) is 3.32. The highest BCUT2D eigenvalue weighted by atomic mass is 35.5. The molecule has 3 aromatic heterocycles. The van der Waals surface area contributed by atoms with Crippen molar-refractivity contribution < 1.29 is 4.74 Å². The zero-order chi connectivity index (χ0) is 20.8. The quantitative estimate of drug-likeness (QED) is 0.592. The third-order valence-corrected chi connectivity index (χ3v) is 7.32. The molecule has 0 amide bonds. The first kappa shape index (κ1) is 22.1. The molecule has 5 heterocycles. The van der Waals surface area contributed by atoms with Crippen LogP contribution >= 0.6 is 24.2 Å². The second-order valence-corrected chi connectivity index (χ2v) is 9.16. The fourth-order valence-electron chi connectivity index (χ4n) is 4.66. The Morgan fingerprint density at radius 2 is 2.00 bits per heavy atom. The number of nitrogen functional groups attached to an aromatic ring is 1. The van der Waals surface area contributed by atoms with Gasteiger partial charge in [0.1, 0.15) is 10.8 Å². The molecule has 1 fully saturated rings. The summed E-state index contributed by atoms with van der Waals surface area (Å²) in [4.78, 5) is 16.4. The van der Waals surface area contributed by atoms with E-state index in [9.17, 15) is 0 Å². The summed E-state index contributed by atoms with van der Waals surface area (Å²) in [5, 5.41) is 6.99. The van der Waals surface area contributed by atoms with Gasteiger partial charge in [-0.1, -0.05) is 0 Å². The summed E-state index contributed by atoms with van der Waals surface area (Å²) in [6.45, 7) is 6.91. The first-order valence-corrected chi connectivity index (χ1v) is 11.4. The van der Waals surface area contributed by atoms with Gasteiger partial charge in [-0.25, -0.2) is 9.67 Å². The molecule has 10 heteroatoms. The average molecular weight is 462 g/mol. The smallest absolute Gasteiger partial charge is 0.223 e. The number of aromatic nitrogens is 5. The number of ether oxygens (including phenoxy) is 1. The van der Waals surface area contributed by atoms with E-state index in [1.807, 2.05) is 24.7 Å². The lowest BCUT2D eigenvalue weighted by atomic mass is 10.1. The number of pyridine rings is 1. The van der Waals surface area contributed by atoms with Crippen molar-refractivity contribution in [1.29, 1.82) is 0 Å². The summed E-state index contributed by atoms with van der Waals surface area (Å²) in [5.41, 5.74) is 10.9. The molecule has 0 spiro atoms. The number of methoxy groups -OCH3 is 1. The van der Waals surface area contributed by atoms with Crippen LogP contribution in [-0.2, 0) is 13.0 Å². The van der Waals surface area contributed by atoms with Gasteiger partial charge >= 0.3 is 0 Å². The fraction of sp³-hybridized carbons (Fsp3) is 0.524. The summed E-state index contributed by atoms with van der Waals surface area (Å²) in [5.74, 6) is 2.18. The Labute approximate surface area is 192 Å². The minimum atomic E-state index is 0. The van der Waals surface area contributed by atoms with Crippen LogP contribution < -0.4 is 10.5 Å². The first-order valence-electron chi connectivity index (χ1n) is 10.4. The molecular weight excluding hydrogens is 434 g/mol. The standard InChI is InChI=1S/C21H27N7OS.ClH/c1-12-9-23-16(13(2)18(12)29-3)10-28-19-17-15(26-28)8-14(27-6-4-5-7-27)11-30-20(17)25-21(22)24-19;/h9,14H,4-8,10-11H2,1-3H3,(H2,22,24,25);1H. The van der Waals surface area contributed by atoms with E-state index in [0.29, 0.717) is 18.5 Å². The second kappa shape index (κ2) is 8.80. The van der Waals surface area contributed by atoms with E-state index in [-0.39, 0.29) is 12.4 Å². The van der Waals surface area contributed by atoms with Crippen molar-refractivity contribution in [3.05, 3.63) is 28.7 Å². The Hall–Kier alpha value is -2.10. The van der Waals surface area contributed by atoms with E-state index in [4.69, 9.17) is 15.6 Å². The maximum absolute atomic E-state index is 6.08. The van der Waals surface area contributed by atoms with Gasteiger partial charge in [-0.2, -0.15) is 10.1 Å². The molecule has 31 heavy (non-hydrogen) atoms. The van der Waals surface area contributed by atoms with Gasteiger partial charge in [0.15, 0.2) is 5.65 Å². The number of nitrogens with zero attached hydrogens (tertiary/aromatic N) is 6. The Balaban J connectivity index is 0.00000231. The fourth-order valence-corrected chi connectivity index (χ4v) is 5.85. The van der Waals surface area contributed by atoms with Crippen LogP contribution in [0.4, 0.5) is 5.95 Å². The first-order chi connectivity index (χ1) is 14.5. The second-order valence-electron chi connectivity index (χ2n) is 8.15. The predicted molar refractivity (Wildman–Crippen MR) is 125 cm³/mol. The van der Waals surface area contributed by atoms with Crippen molar-refractivity contribution in [3.63, 3.8) is 0 Å². The van der Waals surface area contributed by atoms with Crippen LogP contribution in [0.5, 0.6) is 5.75 Å². The minimum Gasteiger partial charge on any atom is -0.496 e. The van der Waals surface area contributed by atoms with Crippen LogP contribution in [0.2, 0.25) is 0 Å². The number of anilines is 1. The molecule has 1 saturated heterocycles. The summed E-state index contributed by atoms with van der Waals surface area (Å²) in [6.07, 6.45) is 5.33. The van der Waals surface area contributed by atoms with Crippen LogP contribution in [0, 0.1) is 13.8 Å². The molecule has 0 saturated carbocycles. The predicted octanol–water partition coefficient (Wildman–Crippen LogP) is 3.01. The number of thioether (sulfide) groups is 1. The van der Waals surface area contributed by atoms with Gasteiger partial charge in [-0.15, -0.1) is 24.2 Å². The molecule has 2 aliphatic rings. The van der Waals surface area contributed by atoms with Gasteiger partial charge in [-0.05, 0) is 39.8 Å². The van der Waals surface area contributed by atoms with E-state index >= 15 is 0 Å². The summed E-state index contributed by atoms with van der Waals surface area (Å²) < 4.78 is 7.51. The number of aryl methyl sites for hydroxylation is 1. The SMILES string of the molecule is COc1c(C)cnc(Cn2nc3c4c(nc(N)nc42)SCC(N2CCCC2)C3)c1C.Cl. The topological polar surface area (TPSA) is 95.0 Å². The molecule has 1 unspecified atom stereocenters. The largest absolute Gasteiger partial charge is 0.496 e. The van der Waals surface area contributed by atoms with Crippen LogP contribution in [0.25, 0.3) is 11.0 Å². The lowest BCUT2D eigenvalue weighted by Gasteiger charge is -2.25. The molecule has 8 nitrogen and oxygen atoms in total. The Bertz CT molecular complexity index is 1110. The Morgan fingerprint density at radius 3 is 2.74 bits per heavy atom. The number of hydrogen-bond acceptors (Lipinski definition) is 8. The number of rotatable bonds is 4. The molecule has 3 aromatic rings. The van der Waals surface area contributed by atoms with Gasteiger partial charge in [0.25, 0.3) is 0 Å². The van der Waals surface area contributed by atoms with E-state index in [2.05, 4.69) is 19.9 Å². The third kappa shape index (κ3) is 3.94. The van der Waals surface area contributed by atoms with E-state index in [1.54, 1.807) is 18.9 Å². The van der Waals surface area contributed by atoms with Crippen molar-refractivity contribution in [3.8, 4) is 5.75 Å². The summed E-state index contributed by atoms with van der Waals surface area (Å²) in [6, 6.07) is 0.471. The van der Waals surface area contributed by atoms with Gasteiger partial charge in [0.2, 0.25) is 5.95 Å². The van der Waals surface area contributed by atoms with Gasteiger partial charge in [0.05, 0.1) is 30.4 Å². The Kier molecular flexibility index (Phi) is 6.27. The van der Waals surface area contributed by atoms with Gasteiger partial charge < -0.3 is 10.5 Å². The van der Waals surface area contributed by atoms with Crippen molar-refractivity contribution in [1.82, 2.24) is 29.6 Å². The van der Waals surface area contributed by atoms with Crippen LogP contribution in [0.15, 0.2) is 11.2 Å². The van der Waals surface area contributed by atoms with Crippen molar-refractivity contribution in [2.24, 2.45) is 0 Å². The maximum atomic E-state index is 6.08. The van der Waals surface area contributed by atoms with E-state index < -0.39 is 0 Å². The zero-order valence-electron chi connectivity index (χ0n) is 18.1. The van der Waals surface area contributed by atoms with Gasteiger partial charge in [-0.3, -0.25) is 9.88 Å². The number of hydrogen-bond donors (Lipinski definition) is 1. The monoisotopic (exact) mass is 461 g/mol. The maximum Gasteiger partial charge on any atom is 0.223 e. The van der Waals surface area contributed by atoms with Crippen molar-refractivity contribution in [2.45, 2.75) is 50.7 Å². The molecule has 0 bridgehead atoms. The normalized spacial score (nSPS) is 18.7. The molecule has 2 aliphatic heterocycles. The molecule has 0 aliphatic carbocycles. The highest BCUT2D eigenvalue weighted by Crippen LogP contribution is 2.35. The van der Waals surface area contributed by atoms with Crippen LogP contribution in [-0.4, -0.2) is 61.6 Å². The molecule has 166 valence electrons. The molecule has 0 aromatic carbocycles. The van der Waals surface area contributed by atoms with Gasteiger partial charge in [0, 0.05) is 35.5 Å². The molecule has 1 atom stereocenters. The molecule has 5 rings (SSSR count). The summed E-state index contributed by atoms with van der Waals surface area (Å²) in [7, 11) is 1.70. The number of nitrogens with two attached hydrogens (primary N) is 1. The van der Waals surface area contributed by atoms with Crippen molar-refractivity contribution in [2.75, 3.05) is 31.7 Å². The lowest BCUT2D eigenvalue weighted by Crippen LogP contribution is -2.36. The summed E-state index contributed by atoms with van der Waals surface area (Å²) >= 11 is 1.78. The lowest BCUT2D eigenvalue weighted by molar-refractivity contribution is 0.261. The number of likely N-dealkylation sites (tertiary alicyclic amines) is 1. The Morgan fingerprint density at radius 1 is 1.23 bits per heavy atom. The van der Waals surface area contributed by atoms with Crippen LogP contribution in [0.3, 0.4) is 0 Å². The van der Waals surface area contributed by atoms with Crippen molar-refractivity contribution >= 4 is 41.2 Å². The number of halogens is 1. The van der Waals surface area contributed by atoms with E-state index in [1.165, 1.54) is 25.9 Å². The van der Waals surface area contributed by atoms with E-state index in [0.717, 1.165) is 56.5 Å². The van der Waals surface area contributed by atoms with Crippen LogP contribution in [0.1, 0.15) is 35.4 Å². The minimum absolute atomic E-state index is 0. The molecule has 2 N–H and O–H groups in total. The zero-order valence-corrected chi connectivity index (χ0v) is 19.7. The highest BCUT2D eigenvalue weighted by molar-refractivity contribution is 7.99. The highest BCUT2D eigenvalue weighted by Gasteiger charge is 2.30.